The number of hydrogen-bond acceptors (Lipinski definition) is 4. The molecule has 0 bridgehead atoms. The minimum absolute atomic E-state index is 0.0247. The molecule has 1 rings (SSSR count). The Balaban J connectivity index is 2.68. The second-order valence-corrected chi connectivity index (χ2v) is 5.27. The van der Waals surface area contributed by atoms with Crippen LogP contribution in [0.2, 0.25) is 5.15 Å². The van der Waals surface area contributed by atoms with Gasteiger partial charge in [0.1, 0.15) is 11.0 Å². The van der Waals surface area contributed by atoms with E-state index in [9.17, 15) is 14.3 Å². The Bertz CT molecular complexity index is 466. The highest BCUT2D eigenvalue weighted by molar-refractivity contribution is 6.32. The van der Waals surface area contributed by atoms with Gasteiger partial charge in [-0.25, -0.2) is 9.37 Å². The van der Waals surface area contributed by atoms with E-state index in [-0.39, 0.29) is 17.3 Å². The first-order valence-electron chi connectivity index (χ1n) is 5.67. The normalized spacial score (nSPS) is 14.3. The third-order valence-corrected chi connectivity index (χ3v) is 2.64. The van der Waals surface area contributed by atoms with Gasteiger partial charge in [0.15, 0.2) is 0 Å². The molecular formula is C12H17ClFN3O2. The third-order valence-electron chi connectivity index (χ3n) is 2.34. The second-order valence-electron chi connectivity index (χ2n) is 4.91. The Kier molecular flexibility index (Phi) is 5.22. The lowest BCUT2D eigenvalue weighted by atomic mass is 10.1. The van der Waals surface area contributed by atoms with Crippen molar-refractivity contribution in [2.75, 3.05) is 27.2 Å². The van der Waals surface area contributed by atoms with Crippen molar-refractivity contribution < 1.29 is 14.3 Å². The van der Waals surface area contributed by atoms with E-state index in [1.54, 1.807) is 11.8 Å². The number of nitrogens with one attached hydrogen (secondary N) is 1. The first-order valence-corrected chi connectivity index (χ1v) is 6.05. The standard InChI is InChI=1S/C12H17ClFN3O2/c1-12(19,7-17(2)3)6-16-11(18)9-4-8(14)5-15-10(9)13/h4-5,19H,6-7H2,1-3H3,(H,16,18). The molecule has 19 heavy (non-hydrogen) atoms. The van der Waals surface area contributed by atoms with Crippen molar-refractivity contribution in [3.8, 4) is 0 Å². The molecule has 106 valence electrons. The first-order chi connectivity index (χ1) is 8.71. The summed E-state index contributed by atoms with van der Waals surface area (Å²) in [7, 11) is 3.62. The summed E-state index contributed by atoms with van der Waals surface area (Å²) in [6.07, 6.45) is 0.932. The number of rotatable bonds is 5. The average Bonchev–Trinajstić information content (AvgIpc) is 2.27. The monoisotopic (exact) mass is 289 g/mol. The number of amides is 1. The lowest BCUT2D eigenvalue weighted by molar-refractivity contribution is 0.0326. The molecule has 1 amide bonds. The Morgan fingerprint density at radius 3 is 2.84 bits per heavy atom. The van der Waals surface area contributed by atoms with Crippen LogP contribution in [0.25, 0.3) is 0 Å². The molecule has 0 aromatic carbocycles. The van der Waals surface area contributed by atoms with E-state index in [1.165, 1.54) is 0 Å². The number of carbonyl (C=O) groups is 1. The summed E-state index contributed by atoms with van der Waals surface area (Å²) >= 11 is 5.72. The summed E-state index contributed by atoms with van der Waals surface area (Å²) in [4.78, 5) is 17.2. The van der Waals surface area contributed by atoms with Crippen molar-refractivity contribution in [1.29, 1.82) is 0 Å². The molecule has 0 aliphatic carbocycles. The van der Waals surface area contributed by atoms with E-state index < -0.39 is 17.3 Å². The Hall–Kier alpha value is -1.24. The lowest BCUT2D eigenvalue weighted by Gasteiger charge is -2.27. The van der Waals surface area contributed by atoms with E-state index in [1.807, 2.05) is 14.1 Å². The van der Waals surface area contributed by atoms with Gasteiger partial charge in [-0.2, -0.15) is 0 Å². The molecular weight excluding hydrogens is 273 g/mol. The van der Waals surface area contributed by atoms with Crippen LogP contribution in [-0.2, 0) is 0 Å². The minimum Gasteiger partial charge on any atom is -0.387 e. The van der Waals surface area contributed by atoms with Gasteiger partial charge >= 0.3 is 0 Å². The van der Waals surface area contributed by atoms with Gasteiger partial charge in [-0.3, -0.25) is 4.79 Å². The van der Waals surface area contributed by atoms with Gasteiger partial charge in [0.2, 0.25) is 0 Å². The minimum atomic E-state index is -1.09. The zero-order valence-corrected chi connectivity index (χ0v) is 11.8. The fraction of sp³-hybridized carbons (Fsp3) is 0.500. The van der Waals surface area contributed by atoms with Crippen LogP contribution >= 0.6 is 11.6 Å². The topological polar surface area (TPSA) is 65.5 Å². The van der Waals surface area contributed by atoms with Gasteiger partial charge in [0, 0.05) is 13.1 Å². The van der Waals surface area contributed by atoms with Crippen LogP contribution < -0.4 is 5.32 Å². The highest BCUT2D eigenvalue weighted by Crippen LogP contribution is 2.14. The summed E-state index contributed by atoms with van der Waals surface area (Å²) in [5, 5.41) is 12.5. The fourth-order valence-corrected chi connectivity index (χ4v) is 1.87. The van der Waals surface area contributed by atoms with Gasteiger partial charge in [0.05, 0.1) is 17.4 Å². The van der Waals surface area contributed by atoms with Crippen molar-refractivity contribution in [2.45, 2.75) is 12.5 Å². The molecule has 0 aliphatic rings. The molecule has 1 aromatic heterocycles. The summed E-state index contributed by atoms with van der Waals surface area (Å²) in [5.74, 6) is -1.22. The van der Waals surface area contributed by atoms with Crippen LogP contribution in [0.5, 0.6) is 0 Å². The van der Waals surface area contributed by atoms with Crippen molar-refractivity contribution >= 4 is 17.5 Å². The van der Waals surface area contributed by atoms with Crippen molar-refractivity contribution in [3.63, 3.8) is 0 Å². The van der Waals surface area contributed by atoms with E-state index in [0.29, 0.717) is 6.54 Å². The lowest BCUT2D eigenvalue weighted by Crippen LogP contribution is -2.47. The molecule has 1 heterocycles. The molecule has 1 aromatic rings. The van der Waals surface area contributed by atoms with Crippen molar-refractivity contribution in [1.82, 2.24) is 15.2 Å². The number of hydrogen-bond donors (Lipinski definition) is 2. The molecule has 0 saturated carbocycles. The zero-order chi connectivity index (χ0) is 14.6. The predicted octanol–water partition coefficient (Wildman–Crippen LogP) is 0.916. The molecule has 5 nitrogen and oxygen atoms in total. The number of nitrogens with zero attached hydrogens (tertiary/aromatic N) is 2. The predicted molar refractivity (Wildman–Crippen MR) is 70.7 cm³/mol. The number of aromatic nitrogens is 1. The maximum Gasteiger partial charge on any atom is 0.254 e. The fourth-order valence-electron chi connectivity index (χ4n) is 1.68. The number of carbonyl (C=O) groups excluding carboxylic acids is 1. The summed E-state index contributed by atoms with van der Waals surface area (Å²) in [5.41, 5.74) is -1.14. The third kappa shape index (κ3) is 5.10. The molecule has 0 fully saturated rings. The van der Waals surface area contributed by atoms with Crippen LogP contribution in [0.4, 0.5) is 4.39 Å². The molecule has 7 heteroatoms. The van der Waals surface area contributed by atoms with Gasteiger partial charge in [0.25, 0.3) is 5.91 Å². The van der Waals surface area contributed by atoms with Crippen LogP contribution in [0.15, 0.2) is 12.3 Å². The van der Waals surface area contributed by atoms with E-state index >= 15 is 0 Å². The van der Waals surface area contributed by atoms with Crippen LogP contribution in [0, 0.1) is 5.82 Å². The Labute approximate surface area is 116 Å². The molecule has 0 saturated heterocycles. The van der Waals surface area contributed by atoms with Gasteiger partial charge in [-0.1, -0.05) is 11.6 Å². The molecule has 0 aliphatic heterocycles. The smallest absolute Gasteiger partial charge is 0.254 e. The van der Waals surface area contributed by atoms with E-state index in [0.717, 1.165) is 12.3 Å². The summed E-state index contributed by atoms with van der Waals surface area (Å²) in [6.45, 7) is 2.00. The van der Waals surface area contributed by atoms with Gasteiger partial charge in [-0.05, 0) is 27.1 Å². The number of halogens is 2. The van der Waals surface area contributed by atoms with Crippen LogP contribution in [0.3, 0.4) is 0 Å². The molecule has 0 radical (unpaired) electrons. The molecule has 2 N–H and O–H groups in total. The molecule has 0 spiro atoms. The highest BCUT2D eigenvalue weighted by atomic mass is 35.5. The highest BCUT2D eigenvalue weighted by Gasteiger charge is 2.23. The first kappa shape index (κ1) is 15.8. The maximum absolute atomic E-state index is 13.0. The number of aliphatic hydroxyl groups is 1. The van der Waals surface area contributed by atoms with E-state index in [4.69, 9.17) is 11.6 Å². The SMILES string of the molecule is CN(C)CC(C)(O)CNC(=O)c1cc(F)cnc1Cl. The summed E-state index contributed by atoms with van der Waals surface area (Å²) in [6, 6.07) is 1.01. The molecule has 1 unspecified atom stereocenters. The van der Waals surface area contributed by atoms with Crippen molar-refractivity contribution in [2.24, 2.45) is 0 Å². The van der Waals surface area contributed by atoms with Crippen molar-refractivity contribution in [3.05, 3.63) is 28.8 Å². The second kappa shape index (κ2) is 6.27. The zero-order valence-electron chi connectivity index (χ0n) is 11.1. The number of likely N-dealkylation sites (N-methyl/N-ethyl adjacent to an activating group) is 1. The maximum atomic E-state index is 13.0. The number of pyridine rings is 1. The van der Waals surface area contributed by atoms with Crippen LogP contribution in [-0.4, -0.2) is 53.7 Å². The largest absolute Gasteiger partial charge is 0.387 e. The van der Waals surface area contributed by atoms with Gasteiger partial charge in [-0.15, -0.1) is 0 Å². The quantitative estimate of drug-likeness (QED) is 0.791. The van der Waals surface area contributed by atoms with Gasteiger partial charge < -0.3 is 15.3 Å². The summed E-state index contributed by atoms with van der Waals surface area (Å²) < 4.78 is 13.0. The molecule has 1 atom stereocenters. The Morgan fingerprint density at radius 1 is 1.63 bits per heavy atom. The Morgan fingerprint density at radius 2 is 2.26 bits per heavy atom. The average molecular weight is 290 g/mol. The van der Waals surface area contributed by atoms with E-state index in [2.05, 4.69) is 10.3 Å². The van der Waals surface area contributed by atoms with Crippen LogP contribution in [0.1, 0.15) is 17.3 Å².